The smallest absolute Gasteiger partial charge is 0.257 e. The van der Waals surface area contributed by atoms with Gasteiger partial charge in [0.1, 0.15) is 0 Å². The van der Waals surface area contributed by atoms with Gasteiger partial charge in [-0.2, -0.15) is 0 Å². The summed E-state index contributed by atoms with van der Waals surface area (Å²) >= 11 is 3.53. The maximum Gasteiger partial charge on any atom is 0.257 e. The van der Waals surface area contributed by atoms with E-state index in [9.17, 15) is 4.79 Å². The lowest BCUT2D eigenvalue weighted by Crippen LogP contribution is -2.12. The third-order valence-electron chi connectivity index (χ3n) is 3.26. The van der Waals surface area contributed by atoms with E-state index in [1.54, 1.807) is 12.4 Å². The summed E-state index contributed by atoms with van der Waals surface area (Å²) < 4.78 is 1.01. The molecule has 0 saturated heterocycles. The summed E-state index contributed by atoms with van der Waals surface area (Å²) in [6, 6.07) is 13.6. The van der Waals surface area contributed by atoms with Gasteiger partial charge in [-0.15, -0.1) is 0 Å². The minimum Gasteiger partial charge on any atom is -0.321 e. The molecule has 1 N–H and O–H groups in total. The standard InChI is InChI=1S/C17H13BrN2O/c1-11-8-12(10-19-9-11)17(21)20-16-7-6-15(18)13-4-2-3-5-14(13)16/h2-10H,1H3,(H,20,21). The van der Waals surface area contributed by atoms with Crippen molar-refractivity contribution in [3.05, 3.63) is 70.5 Å². The van der Waals surface area contributed by atoms with Gasteiger partial charge in [0.15, 0.2) is 0 Å². The van der Waals surface area contributed by atoms with Gasteiger partial charge >= 0.3 is 0 Å². The summed E-state index contributed by atoms with van der Waals surface area (Å²) in [5, 5.41) is 5.02. The lowest BCUT2D eigenvalue weighted by molar-refractivity contribution is 0.102. The number of aromatic nitrogens is 1. The molecule has 0 atom stereocenters. The molecule has 1 amide bonds. The fraction of sp³-hybridized carbons (Fsp3) is 0.0588. The van der Waals surface area contributed by atoms with Crippen molar-refractivity contribution in [1.29, 1.82) is 0 Å². The van der Waals surface area contributed by atoms with Gasteiger partial charge in [-0.3, -0.25) is 9.78 Å². The predicted molar refractivity (Wildman–Crippen MR) is 88.6 cm³/mol. The number of benzene rings is 2. The average Bonchev–Trinajstić information content (AvgIpc) is 2.50. The van der Waals surface area contributed by atoms with Crippen LogP contribution in [0.2, 0.25) is 0 Å². The van der Waals surface area contributed by atoms with Crippen LogP contribution in [0, 0.1) is 6.92 Å². The largest absolute Gasteiger partial charge is 0.321 e. The van der Waals surface area contributed by atoms with Crippen molar-refractivity contribution < 1.29 is 4.79 Å². The number of hydrogen-bond donors (Lipinski definition) is 1. The zero-order valence-electron chi connectivity index (χ0n) is 11.4. The van der Waals surface area contributed by atoms with Gasteiger partial charge in [-0.05, 0) is 36.1 Å². The van der Waals surface area contributed by atoms with E-state index in [0.29, 0.717) is 5.56 Å². The lowest BCUT2D eigenvalue weighted by atomic mass is 10.1. The third kappa shape index (κ3) is 2.81. The first-order valence-electron chi connectivity index (χ1n) is 6.55. The number of carbonyl (C=O) groups is 1. The van der Waals surface area contributed by atoms with Gasteiger partial charge in [-0.25, -0.2) is 0 Å². The molecule has 0 radical (unpaired) electrons. The molecular formula is C17H13BrN2O. The van der Waals surface area contributed by atoms with E-state index >= 15 is 0 Å². The van der Waals surface area contributed by atoms with E-state index in [2.05, 4.69) is 26.2 Å². The molecule has 0 spiro atoms. The van der Waals surface area contributed by atoms with Crippen molar-refractivity contribution in [2.45, 2.75) is 6.92 Å². The quantitative estimate of drug-likeness (QED) is 0.743. The highest BCUT2D eigenvalue weighted by molar-refractivity contribution is 9.10. The van der Waals surface area contributed by atoms with Crippen LogP contribution in [0.15, 0.2) is 59.3 Å². The van der Waals surface area contributed by atoms with Crippen LogP contribution in [0.5, 0.6) is 0 Å². The molecule has 104 valence electrons. The van der Waals surface area contributed by atoms with Crippen LogP contribution >= 0.6 is 15.9 Å². The first-order valence-corrected chi connectivity index (χ1v) is 7.35. The summed E-state index contributed by atoms with van der Waals surface area (Å²) in [5.74, 6) is -0.154. The van der Waals surface area contributed by atoms with Crippen LogP contribution in [-0.4, -0.2) is 10.9 Å². The highest BCUT2D eigenvalue weighted by Gasteiger charge is 2.10. The van der Waals surface area contributed by atoms with Gasteiger partial charge in [0.2, 0.25) is 0 Å². The third-order valence-corrected chi connectivity index (χ3v) is 3.95. The van der Waals surface area contributed by atoms with Crippen LogP contribution < -0.4 is 5.32 Å². The molecule has 0 aliphatic carbocycles. The van der Waals surface area contributed by atoms with Crippen molar-refractivity contribution in [2.24, 2.45) is 0 Å². The first kappa shape index (κ1) is 13.8. The maximum absolute atomic E-state index is 12.3. The Hall–Kier alpha value is -2.20. The Kier molecular flexibility index (Phi) is 3.71. The number of anilines is 1. The second kappa shape index (κ2) is 5.66. The topological polar surface area (TPSA) is 42.0 Å². The number of fused-ring (bicyclic) bond motifs is 1. The van der Waals surface area contributed by atoms with Crippen molar-refractivity contribution in [1.82, 2.24) is 4.98 Å². The zero-order chi connectivity index (χ0) is 14.8. The summed E-state index contributed by atoms with van der Waals surface area (Å²) in [6.45, 7) is 1.92. The molecule has 21 heavy (non-hydrogen) atoms. The Bertz CT molecular complexity index is 830. The van der Waals surface area contributed by atoms with Gasteiger partial charge in [0.05, 0.1) is 5.56 Å². The number of halogens is 1. The molecular weight excluding hydrogens is 328 g/mol. The van der Waals surface area contributed by atoms with Crippen molar-refractivity contribution in [3.63, 3.8) is 0 Å². The van der Waals surface area contributed by atoms with Crippen molar-refractivity contribution >= 4 is 38.3 Å². The molecule has 0 aliphatic rings. The van der Waals surface area contributed by atoms with E-state index in [-0.39, 0.29) is 5.91 Å². The Morgan fingerprint density at radius 2 is 1.86 bits per heavy atom. The second-order valence-corrected chi connectivity index (χ2v) is 5.70. The van der Waals surface area contributed by atoms with E-state index < -0.39 is 0 Å². The molecule has 3 nitrogen and oxygen atoms in total. The highest BCUT2D eigenvalue weighted by Crippen LogP contribution is 2.30. The number of nitrogens with one attached hydrogen (secondary N) is 1. The summed E-state index contributed by atoms with van der Waals surface area (Å²) in [7, 11) is 0. The van der Waals surface area contributed by atoms with Crippen LogP contribution in [0.4, 0.5) is 5.69 Å². The average molecular weight is 341 g/mol. The van der Waals surface area contributed by atoms with Crippen molar-refractivity contribution in [2.75, 3.05) is 5.32 Å². The normalized spacial score (nSPS) is 10.6. The maximum atomic E-state index is 12.3. The first-order chi connectivity index (χ1) is 10.1. The molecule has 3 rings (SSSR count). The fourth-order valence-corrected chi connectivity index (χ4v) is 2.72. The number of carbonyl (C=O) groups excluding carboxylic acids is 1. The Morgan fingerprint density at radius 3 is 2.62 bits per heavy atom. The number of aryl methyl sites for hydroxylation is 1. The molecule has 0 saturated carbocycles. The van der Waals surface area contributed by atoms with Crippen molar-refractivity contribution in [3.8, 4) is 0 Å². The SMILES string of the molecule is Cc1cncc(C(=O)Nc2ccc(Br)c3ccccc23)c1. The Balaban J connectivity index is 1.99. The minimum absolute atomic E-state index is 0.154. The second-order valence-electron chi connectivity index (χ2n) is 4.85. The molecule has 0 bridgehead atoms. The molecule has 0 aliphatic heterocycles. The van der Waals surface area contributed by atoms with E-state index in [4.69, 9.17) is 0 Å². The zero-order valence-corrected chi connectivity index (χ0v) is 13.0. The molecule has 0 unspecified atom stereocenters. The van der Waals surface area contributed by atoms with Crippen LogP contribution in [-0.2, 0) is 0 Å². The number of nitrogens with zero attached hydrogens (tertiary/aromatic N) is 1. The summed E-state index contributed by atoms with van der Waals surface area (Å²) in [5.41, 5.74) is 2.31. The van der Waals surface area contributed by atoms with E-state index in [0.717, 1.165) is 26.5 Å². The number of hydrogen-bond acceptors (Lipinski definition) is 2. The molecule has 3 aromatic rings. The van der Waals surface area contributed by atoms with Crippen LogP contribution in [0.25, 0.3) is 10.8 Å². The Morgan fingerprint density at radius 1 is 1.10 bits per heavy atom. The number of rotatable bonds is 2. The summed E-state index contributed by atoms with van der Waals surface area (Å²) in [6.07, 6.45) is 3.30. The van der Waals surface area contributed by atoms with E-state index in [1.807, 2.05) is 49.4 Å². The Labute approximate surface area is 131 Å². The molecule has 4 heteroatoms. The fourth-order valence-electron chi connectivity index (χ4n) is 2.24. The lowest BCUT2D eigenvalue weighted by Gasteiger charge is -2.10. The van der Waals surface area contributed by atoms with Gasteiger partial charge in [0, 0.05) is 27.9 Å². The molecule has 1 heterocycles. The summed E-state index contributed by atoms with van der Waals surface area (Å²) in [4.78, 5) is 16.4. The van der Waals surface area contributed by atoms with Gasteiger partial charge in [0.25, 0.3) is 5.91 Å². The monoisotopic (exact) mass is 340 g/mol. The molecule has 2 aromatic carbocycles. The van der Waals surface area contributed by atoms with Crippen LogP contribution in [0.3, 0.4) is 0 Å². The highest BCUT2D eigenvalue weighted by atomic mass is 79.9. The molecule has 1 aromatic heterocycles. The predicted octanol–water partition coefficient (Wildman–Crippen LogP) is 4.56. The number of amides is 1. The van der Waals surface area contributed by atoms with Crippen LogP contribution in [0.1, 0.15) is 15.9 Å². The van der Waals surface area contributed by atoms with E-state index in [1.165, 1.54) is 0 Å². The van der Waals surface area contributed by atoms with Gasteiger partial charge in [-0.1, -0.05) is 40.2 Å². The minimum atomic E-state index is -0.154. The number of pyridine rings is 1. The molecule has 0 fully saturated rings. The van der Waals surface area contributed by atoms with Gasteiger partial charge < -0.3 is 5.32 Å².